The van der Waals surface area contributed by atoms with Gasteiger partial charge in [0.1, 0.15) is 5.82 Å². The van der Waals surface area contributed by atoms with Crippen molar-refractivity contribution in [1.82, 2.24) is 0 Å². The molecule has 0 aromatic heterocycles. The van der Waals surface area contributed by atoms with E-state index in [0.29, 0.717) is 15.1 Å². The van der Waals surface area contributed by atoms with Gasteiger partial charge >= 0.3 is 0 Å². The van der Waals surface area contributed by atoms with Gasteiger partial charge in [-0.2, -0.15) is 0 Å². The number of halogens is 3. The molecule has 4 heteroatoms. The third-order valence-corrected chi connectivity index (χ3v) is 4.07. The van der Waals surface area contributed by atoms with Crippen LogP contribution in [0.25, 0.3) is 0 Å². The molecule has 0 spiro atoms. The zero-order valence-electron chi connectivity index (χ0n) is 10.7. The third kappa shape index (κ3) is 2.99. The Labute approximate surface area is 125 Å². The first-order valence-corrected chi connectivity index (χ1v) is 7.04. The minimum atomic E-state index is -0.570. The zero-order chi connectivity index (χ0) is 14.2. The second-order valence-corrected chi connectivity index (χ2v) is 5.92. The van der Waals surface area contributed by atoms with E-state index in [1.165, 1.54) is 6.07 Å². The molecular formula is C15H14BrClFN. The van der Waals surface area contributed by atoms with Crippen molar-refractivity contribution in [3.05, 3.63) is 67.9 Å². The highest BCUT2D eigenvalue weighted by Gasteiger charge is 2.17. The largest absolute Gasteiger partial charge is 0.320 e. The van der Waals surface area contributed by atoms with E-state index < -0.39 is 6.04 Å². The van der Waals surface area contributed by atoms with E-state index >= 15 is 0 Å². The van der Waals surface area contributed by atoms with Gasteiger partial charge in [-0.05, 0) is 48.7 Å². The lowest BCUT2D eigenvalue weighted by Gasteiger charge is -2.17. The molecule has 0 heterocycles. The van der Waals surface area contributed by atoms with Crippen LogP contribution in [0.4, 0.5) is 4.39 Å². The molecule has 100 valence electrons. The van der Waals surface area contributed by atoms with Crippen molar-refractivity contribution < 1.29 is 4.39 Å². The summed E-state index contributed by atoms with van der Waals surface area (Å²) in [7, 11) is 0. The van der Waals surface area contributed by atoms with Gasteiger partial charge in [-0.25, -0.2) is 4.39 Å². The Morgan fingerprint density at radius 2 is 1.74 bits per heavy atom. The van der Waals surface area contributed by atoms with Crippen molar-refractivity contribution in [2.75, 3.05) is 0 Å². The first kappa shape index (κ1) is 14.5. The van der Waals surface area contributed by atoms with Gasteiger partial charge in [0.2, 0.25) is 0 Å². The summed E-state index contributed by atoms with van der Waals surface area (Å²) in [5.74, 6) is -0.337. The topological polar surface area (TPSA) is 26.0 Å². The number of nitrogens with two attached hydrogens (primary N) is 1. The fourth-order valence-electron chi connectivity index (χ4n) is 1.96. The average molecular weight is 343 g/mol. The summed E-state index contributed by atoms with van der Waals surface area (Å²) in [5.41, 5.74) is 9.51. The molecule has 1 atom stereocenters. The number of aryl methyl sites for hydroxylation is 2. The van der Waals surface area contributed by atoms with Crippen LogP contribution in [0.5, 0.6) is 0 Å². The molecule has 2 N–H and O–H groups in total. The minimum absolute atomic E-state index is 0.337. The molecule has 0 saturated carbocycles. The van der Waals surface area contributed by atoms with Crippen LogP contribution in [-0.4, -0.2) is 0 Å². The Kier molecular flexibility index (Phi) is 4.29. The lowest BCUT2D eigenvalue weighted by Crippen LogP contribution is -2.14. The molecule has 1 unspecified atom stereocenters. The van der Waals surface area contributed by atoms with Crippen LogP contribution in [0.3, 0.4) is 0 Å². The van der Waals surface area contributed by atoms with Crippen molar-refractivity contribution >= 4 is 27.5 Å². The van der Waals surface area contributed by atoms with Crippen LogP contribution in [0.15, 0.2) is 34.8 Å². The Balaban J connectivity index is 2.49. The third-order valence-electron chi connectivity index (χ3n) is 3.25. The summed E-state index contributed by atoms with van der Waals surface area (Å²) in [5, 5.41) is 0.568. The van der Waals surface area contributed by atoms with Crippen LogP contribution in [0, 0.1) is 19.7 Å². The van der Waals surface area contributed by atoms with Crippen molar-refractivity contribution in [2.24, 2.45) is 5.73 Å². The smallest absolute Gasteiger partial charge is 0.129 e. The molecule has 1 nitrogen and oxygen atoms in total. The predicted molar refractivity (Wildman–Crippen MR) is 81.1 cm³/mol. The monoisotopic (exact) mass is 341 g/mol. The Bertz CT molecular complexity index is 628. The second-order valence-electron chi connectivity index (χ2n) is 4.60. The van der Waals surface area contributed by atoms with Gasteiger partial charge in [0.25, 0.3) is 0 Å². The minimum Gasteiger partial charge on any atom is -0.320 e. The first-order chi connectivity index (χ1) is 8.90. The van der Waals surface area contributed by atoms with Crippen molar-refractivity contribution in [1.29, 1.82) is 0 Å². The summed E-state index contributed by atoms with van der Waals surface area (Å²) in [6, 6.07) is 8.07. The van der Waals surface area contributed by atoms with Gasteiger partial charge in [0.05, 0.1) is 6.04 Å². The van der Waals surface area contributed by atoms with Gasteiger partial charge in [-0.1, -0.05) is 39.7 Å². The lowest BCUT2D eigenvalue weighted by molar-refractivity contribution is 0.599. The van der Waals surface area contributed by atoms with Gasteiger partial charge in [-0.15, -0.1) is 0 Å². The molecule has 0 fully saturated rings. The maximum atomic E-state index is 13.9. The molecule has 0 amide bonds. The molecule has 0 aliphatic carbocycles. The molecule has 0 saturated heterocycles. The Morgan fingerprint density at radius 1 is 1.11 bits per heavy atom. The molecule has 0 radical (unpaired) electrons. The summed E-state index contributed by atoms with van der Waals surface area (Å²) in [4.78, 5) is 0. The fraction of sp³-hybridized carbons (Fsp3) is 0.200. The van der Waals surface area contributed by atoms with E-state index in [9.17, 15) is 4.39 Å². The Morgan fingerprint density at radius 3 is 2.37 bits per heavy atom. The summed E-state index contributed by atoms with van der Waals surface area (Å²) in [6.07, 6.45) is 0. The van der Waals surface area contributed by atoms with Gasteiger partial charge in [0, 0.05) is 15.1 Å². The van der Waals surface area contributed by atoms with Crippen molar-refractivity contribution in [3.8, 4) is 0 Å². The zero-order valence-corrected chi connectivity index (χ0v) is 13.0. The highest BCUT2D eigenvalue weighted by atomic mass is 79.9. The Hall–Kier alpha value is -0.900. The second kappa shape index (κ2) is 5.61. The lowest BCUT2D eigenvalue weighted by atomic mass is 9.96. The molecule has 0 bridgehead atoms. The number of hydrogen-bond acceptors (Lipinski definition) is 1. The van der Waals surface area contributed by atoms with E-state index in [1.807, 2.05) is 26.0 Å². The molecule has 0 aliphatic rings. The van der Waals surface area contributed by atoms with E-state index in [0.717, 1.165) is 16.7 Å². The van der Waals surface area contributed by atoms with E-state index in [1.54, 1.807) is 12.1 Å². The molecular weight excluding hydrogens is 329 g/mol. The van der Waals surface area contributed by atoms with Crippen LogP contribution < -0.4 is 5.73 Å². The summed E-state index contributed by atoms with van der Waals surface area (Å²) < 4.78 is 14.6. The standard InChI is InChI=1S/C15H14BrClFN/c1-8-5-12(13(17)6-9(8)2)15(19)11-4-3-10(16)7-14(11)18/h3-7,15H,19H2,1-2H3. The van der Waals surface area contributed by atoms with Gasteiger partial charge in [0.15, 0.2) is 0 Å². The highest BCUT2D eigenvalue weighted by molar-refractivity contribution is 9.10. The average Bonchev–Trinajstić information content (AvgIpc) is 2.33. The highest BCUT2D eigenvalue weighted by Crippen LogP contribution is 2.31. The maximum Gasteiger partial charge on any atom is 0.129 e. The van der Waals surface area contributed by atoms with Crippen LogP contribution >= 0.6 is 27.5 Å². The number of hydrogen-bond donors (Lipinski definition) is 1. The molecule has 2 rings (SSSR count). The number of benzene rings is 2. The first-order valence-electron chi connectivity index (χ1n) is 5.87. The van der Waals surface area contributed by atoms with Gasteiger partial charge < -0.3 is 5.73 Å². The molecule has 2 aromatic carbocycles. The quantitative estimate of drug-likeness (QED) is 0.825. The van der Waals surface area contributed by atoms with Gasteiger partial charge in [-0.3, -0.25) is 0 Å². The molecule has 0 aliphatic heterocycles. The molecule has 19 heavy (non-hydrogen) atoms. The number of rotatable bonds is 2. The normalized spacial score (nSPS) is 12.5. The van der Waals surface area contributed by atoms with Crippen LogP contribution in [0.2, 0.25) is 5.02 Å². The van der Waals surface area contributed by atoms with Crippen LogP contribution in [-0.2, 0) is 0 Å². The predicted octanol–water partition coefficient (Wildman–Crippen LogP) is 4.91. The van der Waals surface area contributed by atoms with E-state index in [2.05, 4.69) is 15.9 Å². The fourth-order valence-corrected chi connectivity index (χ4v) is 2.63. The maximum absolute atomic E-state index is 13.9. The van der Waals surface area contributed by atoms with Crippen molar-refractivity contribution in [2.45, 2.75) is 19.9 Å². The SMILES string of the molecule is Cc1cc(Cl)c(C(N)c2ccc(Br)cc2F)cc1C. The van der Waals surface area contributed by atoms with Crippen molar-refractivity contribution in [3.63, 3.8) is 0 Å². The van der Waals surface area contributed by atoms with E-state index in [4.69, 9.17) is 17.3 Å². The molecule has 2 aromatic rings. The van der Waals surface area contributed by atoms with Crippen LogP contribution in [0.1, 0.15) is 28.3 Å². The summed E-state index contributed by atoms with van der Waals surface area (Å²) in [6.45, 7) is 3.97. The van der Waals surface area contributed by atoms with E-state index in [-0.39, 0.29) is 5.82 Å². The summed E-state index contributed by atoms with van der Waals surface area (Å²) >= 11 is 9.45.